The van der Waals surface area contributed by atoms with Gasteiger partial charge in [-0.05, 0) is 24.2 Å². The van der Waals surface area contributed by atoms with E-state index in [1.54, 1.807) is 26.1 Å². The molecule has 1 aliphatic rings. The van der Waals surface area contributed by atoms with Crippen molar-refractivity contribution in [2.24, 2.45) is 0 Å². The SMILES string of the molecule is CCN1CCN(C(CNC(=O)N(C)C)c2ccc(OC)cc2)CC1. The van der Waals surface area contributed by atoms with Crippen molar-refractivity contribution in [2.75, 3.05) is 60.5 Å². The Morgan fingerprint density at radius 1 is 1.21 bits per heavy atom. The fourth-order valence-electron chi connectivity index (χ4n) is 3.02. The van der Waals surface area contributed by atoms with E-state index in [0.717, 1.165) is 38.5 Å². The highest BCUT2D eigenvalue weighted by atomic mass is 16.5. The number of amides is 2. The molecule has 0 aromatic heterocycles. The van der Waals surface area contributed by atoms with Crippen molar-refractivity contribution in [1.82, 2.24) is 20.0 Å². The number of likely N-dealkylation sites (N-methyl/N-ethyl adjacent to an activating group) is 1. The van der Waals surface area contributed by atoms with Gasteiger partial charge in [-0.1, -0.05) is 19.1 Å². The van der Waals surface area contributed by atoms with Crippen LogP contribution < -0.4 is 10.1 Å². The number of benzene rings is 1. The Morgan fingerprint density at radius 3 is 2.33 bits per heavy atom. The van der Waals surface area contributed by atoms with Gasteiger partial charge in [-0.25, -0.2) is 4.79 Å². The Morgan fingerprint density at radius 2 is 1.83 bits per heavy atom. The zero-order chi connectivity index (χ0) is 17.5. The Kier molecular flexibility index (Phi) is 6.87. The van der Waals surface area contributed by atoms with Gasteiger partial charge in [0, 0.05) is 46.8 Å². The zero-order valence-corrected chi connectivity index (χ0v) is 15.3. The van der Waals surface area contributed by atoms with Crippen molar-refractivity contribution in [3.05, 3.63) is 29.8 Å². The van der Waals surface area contributed by atoms with Gasteiger partial charge >= 0.3 is 6.03 Å². The molecule has 1 saturated heterocycles. The molecule has 6 nitrogen and oxygen atoms in total. The van der Waals surface area contributed by atoms with Gasteiger partial charge in [0.1, 0.15) is 5.75 Å². The summed E-state index contributed by atoms with van der Waals surface area (Å²) in [5, 5.41) is 3.03. The second kappa shape index (κ2) is 8.89. The first-order valence-corrected chi connectivity index (χ1v) is 8.60. The standard InChI is InChI=1S/C18H30N4O2/c1-5-21-10-12-22(13-11-21)17(14-19-18(23)20(2)3)15-6-8-16(24-4)9-7-15/h6-9,17H,5,10-14H2,1-4H3,(H,19,23). The molecule has 1 atom stereocenters. The number of methoxy groups -OCH3 is 1. The van der Waals surface area contributed by atoms with E-state index in [-0.39, 0.29) is 12.1 Å². The third-order valence-electron chi connectivity index (χ3n) is 4.65. The van der Waals surface area contributed by atoms with Crippen LogP contribution in [0.2, 0.25) is 0 Å². The maximum atomic E-state index is 11.9. The molecule has 6 heteroatoms. The summed E-state index contributed by atoms with van der Waals surface area (Å²) in [5.74, 6) is 0.852. The van der Waals surface area contributed by atoms with Gasteiger partial charge in [-0.15, -0.1) is 0 Å². The van der Waals surface area contributed by atoms with E-state index < -0.39 is 0 Å². The summed E-state index contributed by atoms with van der Waals surface area (Å²) < 4.78 is 5.26. The summed E-state index contributed by atoms with van der Waals surface area (Å²) in [7, 11) is 5.20. The summed E-state index contributed by atoms with van der Waals surface area (Å²) in [6, 6.07) is 8.28. The number of rotatable bonds is 6. The Bertz CT molecular complexity index is 510. The number of nitrogens with zero attached hydrogens (tertiary/aromatic N) is 3. The largest absolute Gasteiger partial charge is 0.497 e. The van der Waals surface area contributed by atoms with E-state index in [4.69, 9.17) is 4.74 Å². The van der Waals surface area contributed by atoms with Crippen molar-refractivity contribution < 1.29 is 9.53 Å². The van der Waals surface area contributed by atoms with E-state index in [0.29, 0.717) is 6.54 Å². The summed E-state index contributed by atoms with van der Waals surface area (Å²) in [4.78, 5) is 18.4. The van der Waals surface area contributed by atoms with Crippen molar-refractivity contribution in [3.8, 4) is 5.75 Å². The van der Waals surface area contributed by atoms with Crippen molar-refractivity contribution in [3.63, 3.8) is 0 Å². The molecule has 0 aliphatic carbocycles. The highest BCUT2D eigenvalue weighted by Gasteiger charge is 2.25. The number of urea groups is 1. The van der Waals surface area contributed by atoms with Crippen LogP contribution in [0.15, 0.2) is 24.3 Å². The molecule has 1 heterocycles. The molecule has 1 aromatic rings. The molecular weight excluding hydrogens is 304 g/mol. The normalized spacial score (nSPS) is 17.3. The van der Waals surface area contributed by atoms with Crippen LogP contribution in [0.5, 0.6) is 5.75 Å². The molecule has 1 aromatic carbocycles. The van der Waals surface area contributed by atoms with Gasteiger partial charge < -0.3 is 19.9 Å². The lowest BCUT2D eigenvalue weighted by atomic mass is 10.0. The number of carbonyl (C=O) groups excluding carboxylic acids is 1. The third kappa shape index (κ3) is 4.85. The van der Waals surface area contributed by atoms with Crippen LogP contribution in [0.3, 0.4) is 0 Å². The molecule has 1 N–H and O–H groups in total. The fraction of sp³-hybridized carbons (Fsp3) is 0.611. The molecule has 134 valence electrons. The molecule has 2 rings (SSSR count). The predicted octanol–water partition coefficient (Wildman–Crippen LogP) is 1.64. The number of hydrogen-bond donors (Lipinski definition) is 1. The van der Waals surface area contributed by atoms with Crippen molar-refractivity contribution in [2.45, 2.75) is 13.0 Å². The summed E-state index contributed by atoms with van der Waals surface area (Å²) in [6.07, 6.45) is 0. The van der Waals surface area contributed by atoms with Crippen LogP contribution in [0.1, 0.15) is 18.5 Å². The molecule has 0 spiro atoms. The molecule has 1 unspecified atom stereocenters. The molecular formula is C18H30N4O2. The second-order valence-corrected chi connectivity index (χ2v) is 6.34. The van der Waals surface area contributed by atoms with Crippen LogP contribution in [0.25, 0.3) is 0 Å². The minimum atomic E-state index is -0.0549. The first-order valence-electron chi connectivity index (χ1n) is 8.60. The van der Waals surface area contributed by atoms with Gasteiger partial charge in [0.05, 0.1) is 13.2 Å². The summed E-state index contributed by atoms with van der Waals surface area (Å²) >= 11 is 0. The lowest BCUT2D eigenvalue weighted by Gasteiger charge is -2.39. The quantitative estimate of drug-likeness (QED) is 0.859. The Labute approximate surface area is 145 Å². The molecule has 0 saturated carbocycles. The zero-order valence-electron chi connectivity index (χ0n) is 15.3. The smallest absolute Gasteiger partial charge is 0.316 e. The van der Waals surface area contributed by atoms with E-state index >= 15 is 0 Å². The average Bonchev–Trinajstić information content (AvgIpc) is 2.62. The maximum absolute atomic E-state index is 11.9. The summed E-state index contributed by atoms with van der Waals surface area (Å²) in [6.45, 7) is 8.09. The van der Waals surface area contributed by atoms with Gasteiger partial charge in [0.2, 0.25) is 0 Å². The van der Waals surface area contributed by atoms with E-state index in [1.807, 2.05) is 12.1 Å². The topological polar surface area (TPSA) is 48.0 Å². The van der Waals surface area contributed by atoms with E-state index in [1.165, 1.54) is 5.56 Å². The van der Waals surface area contributed by atoms with Gasteiger partial charge in [-0.3, -0.25) is 4.90 Å². The van der Waals surface area contributed by atoms with Crippen LogP contribution in [0, 0.1) is 0 Å². The van der Waals surface area contributed by atoms with Crippen molar-refractivity contribution >= 4 is 6.03 Å². The fourth-order valence-corrected chi connectivity index (χ4v) is 3.02. The van der Waals surface area contributed by atoms with Gasteiger partial charge in [0.15, 0.2) is 0 Å². The number of nitrogens with one attached hydrogen (secondary N) is 1. The van der Waals surface area contributed by atoms with Crippen LogP contribution in [0.4, 0.5) is 4.79 Å². The van der Waals surface area contributed by atoms with Crippen LogP contribution in [-0.4, -0.2) is 81.2 Å². The second-order valence-electron chi connectivity index (χ2n) is 6.34. The minimum absolute atomic E-state index is 0.0549. The first kappa shape index (κ1) is 18.5. The Hall–Kier alpha value is -1.79. The molecule has 0 bridgehead atoms. The highest BCUT2D eigenvalue weighted by molar-refractivity contribution is 5.73. The maximum Gasteiger partial charge on any atom is 0.316 e. The lowest BCUT2D eigenvalue weighted by Crippen LogP contribution is -2.50. The van der Waals surface area contributed by atoms with Crippen molar-refractivity contribution in [1.29, 1.82) is 0 Å². The molecule has 1 fully saturated rings. The molecule has 24 heavy (non-hydrogen) atoms. The lowest BCUT2D eigenvalue weighted by molar-refractivity contribution is 0.0983. The monoisotopic (exact) mass is 334 g/mol. The molecule has 2 amide bonds. The number of piperazine rings is 1. The van der Waals surface area contributed by atoms with Gasteiger partial charge in [-0.2, -0.15) is 0 Å². The number of carbonyl (C=O) groups is 1. The van der Waals surface area contributed by atoms with Gasteiger partial charge in [0.25, 0.3) is 0 Å². The minimum Gasteiger partial charge on any atom is -0.497 e. The van der Waals surface area contributed by atoms with E-state index in [9.17, 15) is 4.79 Å². The summed E-state index contributed by atoms with van der Waals surface area (Å²) in [5.41, 5.74) is 1.21. The average molecular weight is 334 g/mol. The van der Waals surface area contributed by atoms with E-state index in [2.05, 4.69) is 34.2 Å². The Balaban J connectivity index is 2.09. The highest BCUT2D eigenvalue weighted by Crippen LogP contribution is 2.24. The van der Waals surface area contributed by atoms with Crippen LogP contribution in [-0.2, 0) is 0 Å². The van der Waals surface area contributed by atoms with Crippen LogP contribution >= 0.6 is 0 Å². The predicted molar refractivity (Wildman–Crippen MR) is 96.5 cm³/mol. The number of hydrogen-bond acceptors (Lipinski definition) is 4. The molecule has 1 aliphatic heterocycles. The molecule has 0 radical (unpaired) electrons. The first-order chi connectivity index (χ1) is 11.5. The number of ether oxygens (including phenoxy) is 1. The third-order valence-corrected chi connectivity index (χ3v) is 4.65.